The lowest BCUT2D eigenvalue weighted by atomic mass is 9.85. The average Bonchev–Trinajstić information content (AvgIpc) is 3.27. The minimum atomic E-state index is -0.238. The van der Waals surface area contributed by atoms with E-state index in [1.807, 2.05) is 49.4 Å². The summed E-state index contributed by atoms with van der Waals surface area (Å²) in [6.07, 6.45) is 3.52. The third kappa shape index (κ3) is 4.61. The minimum Gasteiger partial charge on any atom is -0.497 e. The fourth-order valence-electron chi connectivity index (χ4n) is 4.43. The van der Waals surface area contributed by atoms with Gasteiger partial charge in [0.2, 0.25) is 5.91 Å². The van der Waals surface area contributed by atoms with E-state index in [1.54, 1.807) is 26.5 Å². The number of hydrogen-bond acceptors (Lipinski definition) is 8. The second-order valence-electron chi connectivity index (χ2n) is 8.44. The van der Waals surface area contributed by atoms with Crippen LogP contribution < -0.4 is 19.5 Å². The largest absolute Gasteiger partial charge is 0.497 e. The fourth-order valence-corrected chi connectivity index (χ4v) is 4.43. The second kappa shape index (κ2) is 10.1. The number of aryl methyl sites for hydroxylation is 1. The Hall–Kier alpha value is -4.73. The Morgan fingerprint density at radius 2 is 1.95 bits per heavy atom. The first kappa shape index (κ1) is 24.0. The lowest BCUT2D eigenvalue weighted by Gasteiger charge is -2.25. The quantitative estimate of drug-likeness (QED) is 0.362. The summed E-state index contributed by atoms with van der Waals surface area (Å²) in [4.78, 5) is 17.5. The zero-order chi connectivity index (χ0) is 25.9. The molecule has 0 fully saturated rings. The Bertz CT molecular complexity index is 1460. The van der Waals surface area contributed by atoms with E-state index in [0.29, 0.717) is 29.6 Å². The van der Waals surface area contributed by atoms with E-state index in [1.165, 1.54) is 4.68 Å². The van der Waals surface area contributed by atoms with E-state index in [-0.39, 0.29) is 24.2 Å². The number of nitrogens with zero attached hydrogens (tertiary/aromatic N) is 5. The molecule has 1 N–H and O–H groups in total. The molecule has 1 amide bonds. The van der Waals surface area contributed by atoms with Crippen LogP contribution in [0, 0.1) is 6.92 Å². The van der Waals surface area contributed by atoms with Gasteiger partial charge in [-0.15, -0.1) is 5.10 Å². The molecular formula is C27H26N6O4. The number of hydrogen-bond donors (Lipinski definition) is 1. The Balaban J connectivity index is 1.54. The summed E-state index contributed by atoms with van der Waals surface area (Å²) in [5.41, 5.74) is 4.02. The standard InChI is InChI=1S/C27H26N6O4/c1-5-12-37-22-11-8-18(13-23(22)36-4)20-14-24(34)30-26-25(20)16(2)32-33(26)27-29-21(15-28-31-27)17-6-9-19(35-3)10-7-17/h5-11,13,15,20H,1,12,14H2,2-4H3,(H,30,34)/t20-/m1/s1. The van der Waals surface area contributed by atoms with E-state index in [0.717, 1.165) is 28.1 Å². The third-order valence-corrected chi connectivity index (χ3v) is 6.17. The lowest BCUT2D eigenvalue weighted by Crippen LogP contribution is -2.25. The molecule has 1 aliphatic heterocycles. The van der Waals surface area contributed by atoms with Crippen LogP contribution in [0.5, 0.6) is 17.2 Å². The van der Waals surface area contributed by atoms with Crippen molar-refractivity contribution in [2.24, 2.45) is 0 Å². The van der Waals surface area contributed by atoms with Gasteiger partial charge in [-0.3, -0.25) is 4.79 Å². The van der Waals surface area contributed by atoms with Crippen LogP contribution in [0.2, 0.25) is 0 Å². The molecule has 188 valence electrons. The molecule has 3 heterocycles. The summed E-state index contributed by atoms with van der Waals surface area (Å²) >= 11 is 0. The van der Waals surface area contributed by atoms with Gasteiger partial charge in [-0.25, -0.2) is 4.98 Å². The van der Waals surface area contributed by atoms with Crippen LogP contribution in [-0.4, -0.2) is 51.7 Å². The predicted molar refractivity (Wildman–Crippen MR) is 137 cm³/mol. The number of amides is 1. The van der Waals surface area contributed by atoms with Gasteiger partial charge in [0, 0.05) is 23.5 Å². The van der Waals surface area contributed by atoms with Crippen LogP contribution in [0.25, 0.3) is 17.2 Å². The fraction of sp³-hybridized carbons (Fsp3) is 0.222. The van der Waals surface area contributed by atoms with Crippen molar-refractivity contribution in [2.75, 3.05) is 26.1 Å². The number of carbonyl (C=O) groups excluding carboxylic acids is 1. The topological polar surface area (TPSA) is 113 Å². The van der Waals surface area contributed by atoms with Crippen LogP contribution in [0.3, 0.4) is 0 Å². The number of anilines is 1. The molecule has 0 saturated carbocycles. The first-order valence-corrected chi connectivity index (χ1v) is 11.7. The van der Waals surface area contributed by atoms with Crippen molar-refractivity contribution in [3.8, 4) is 34.5 Å². The number of nitrogens with one attached hydrogen (secondary N) is 1. The van der Waals surface area contributed by atoms with Crippen molar-refractivity contribution in [1.29, 1.82) is 0 Å². The summed E-state index contributed by atoms with van der Waals surface area (Å²) in [6, 6.07) is 13.2. The van der Waals surface area contributed by atoms with Gasteiger partial charge in [-0.1, -0.05) is 18.7 Å². The van der Waals surface area contributed by atoms with E-state index >= 15 is 0 Å². The average molecular weight is 499 g/mol. The van der Waals surface area contributed by atoms with Crippen molar-refractivity contribution >= 4 is 11.7 Å². The van der Waals surface area contributed by atoms with Crippen LogP contribution in [0.15, 0.2) is 61.3 Å². The highest BCUT2D eigenvalue weighted by Gasteiger charge is 2.33. The Kier molecular flexibility index (Phi) is 6.55. The van der Waals surface area contributed by atoms with Crippen molar-refractivity contribution in [3.63, 3.8) is 0 Å². The van der Waals surface area contributed by atoms with Gasteiger partial charge in [0.25, 0.3) is 5.95 Å². The highest BCUT2D eigenvalue weighted by Crippen LogP contribution is 2.42. The zero-order valence-electron chi connectivity index (χ0n) is 20.8. The number of aromatic nitrogens is 5. The summed E-state index contributed by atoms with van der Waals surface area (Å²) in [7, 11) is 3.20. The maximum absolute atomic E-state index is 12.8. The third-order valence-electron chi connectivity index (χ3n) is 6.17. The normalized spacial score (nSPS) is 14.5. The van der Waals surface area contributed by atoms with Crippen molar-refractivity contribution in [2.45, 2.75) is 19.3 Å². The van der Waals surface area contributed by atoms with E-state index < -0.39 is 0 Å². The molecule has 1 atom stereocenters. The van der Waals surface area contributed by atoms with Gasteiger partial charge in [0.05, 0.1) is 31.8 Å². The molecule has 4 aromatic rings. The molecule has 0 aliphatic carbocycles. The molecule has 10 nitrogen and oxygen atoms in total. The molecule has 0 radical (unpaired) electrons. The molecule has 2 aromatic heterocycles. The number of methoxy groups -OCH3 is 2. The second-order valence-corrected chi connectivity index (χ2v) is 8.44. The number of fused-ring (bicyclic) bond motifs is 1. The monoisotopic (exact) mass is 498 g/mol. The molecule has 10 heteroatoms. The van der Waals surface area contributed by atoms with Gasteiger partial charge < -0.3 is 19.5 Å². The van der Waals surface area contributed by atoms with Crippen LogP contribution in [-0.2, 0) is 4.79 Å². The lowest BCUT2D eigenvalue weighted by molar-refractivity contribution is -0.116. The molecule has 37 heavy (non-hydrogen) atoms. The highest BCUT2D eigenvalue weighted by molar-refractivity contribution is 5.95. The molecule has 1 aliphatic rings. The summed E-state index contributed by atoms with van der Waals surface area (Å²) in [6.45, 7) is 5.95. The first-order valence-electron chi connectivity index (χ1n) is 11.7. The first-order chi connectivity index (χ1) is 18.0. The molecule has 0 unspecified atom stereocenters. The summed E-state index contributed by atoms with van der Waals surface area (Å²) in [5, 5.41) is 16.0. The Labute approximate surface area is 213 Å². The molecule has 5 rings (SSSR count). The maximum Gasteiger partial charge on any atom is 0.272 e. The van der Waals surface area contributed by atoms with Crippen LogP contribution in [0.1, 0.15) is 29.2 Å². The van der Waals surface area contributed by atoms with Gasteiger partial charge in [0.15, 0.2) is 11.5 Å². The smallest absolute Gasteiger partial charge is 0.272 e. The van der Waals surface area contributed by atoms with Gasteiger partial charge in [-0.2, -0.15) is 14.9 Å². The number of rotatable bonds is 8. The summed E-state index contributed by atoms with van der Waals surface area (Å²) < 4.78 is 18.0. The molecule has 0 spiro atoms. The SMILES string of the molecule is C=CCOc1ccc([C@H]2CC(=O)Nc3c2c(C)nn3-c2nncc(-c3ccc(OC)cc3)n2)cc1OC. The highest BCUT2D eigenvalue weighted by atomic mass is 16.5. The van der Waals surface area contributed by atoms with E-state index in [4.69, 9.17) is 14.2 Å². The molecule has 2 aromatic carbocycles. The molecular weight excluding hydrogens is 472 g/mol. The Morgan fingerprint density at radius 1 is 1.14 bits per heavy atom. The number of ether oxygens (including phenoxy) is 3. The van der Waals surface area contributed by atoms with Crippen LogP contribution in [0.4, 0.5) is 5.82 Å². The van der Waals surface area contributed by atoms with Gasteiger partial charge in [-0.05, 0) is 48.9 Å². The van der Waals surface area contributed by atoms with Gasteiger partial charge in [0.1, 0.15) is 18.2 Å². The number of benzene rings is 2. The van der Waals surface area contributed by atoms with E-state index in [2.05, 4.69) is 32.2 Å². The van der Waals surface area contributed by atoms with Crippen LogP contribution >= 0.6 is 0 Å². The van der Waals surface area contributed by atoms with E-state index in [9.17, 15) is 4.79 Å². The van der Waals surface area contributed by atoms with Crippen molar-refractivity contribution in [1.82, 2.24) is 25.0 Å². The van der Waals surface area contributed by atoms with Gasteiger partial charge >= 0.3 is 0 Å². The predicted octanol–water partition coefficient (Wildman–Crippen LogP) is 4.09. The summed E-state index contributed by atoms with van der Waals surface area (Å²) in [5.74, 6) is 2.34. The number of carbonyl (C=O) groups is 1. The van der Waals surface area contributed by atoms with Crippen molar-refractivity contribution < 1.29 is 19.0 Å². The Morgan fingerprint density at radius 3 is 2.68 bits per heavy atom. The molecule has 0 saturated heterocycles. The maximum atomic E-state index is 12.8. The molecule has 0 bridgehead atoms. The zero-order valence-corrected chi connectivity index (χ0v) is 20.8. The minimum absolute atomic E-state index is 0.135. The van der Waals surface area contributed by atoms with Crippen molar-refractivity contribution in [3.05, 3.63) is 78.1 Å².